The quantitative estimate of drug-likeness (QED) is 0.533. The summed E-state index contributed by atoms with van der Waals surface area (Å²) in [5.41, 5.74) is -0.0233. The molecule has 2 unspecified atom stereocenters. The van der Waals surface area contributed by atoms with Gasteiger partial charge in [0.15, 0.2) is 12.2 Å². The van der Waals surface area contributed by atoms with Crippen molar-refractivity contribution < 1.29 is 47.6 Å². The van der Waals surface area contributed by atoms with E-state index in [1.807, 2.05) is 0 Å². The van der Waals surface area contributed by atoms with Crippen LogP contribution in [0.3, 0.4) is 0 Å². The third kappa shape index (κ3) is 4.21. The highest BCUT2D eigenvalue weighted by Crippen LogP contribution is 2.15. The maximum absolute atomic E-state index is 12.2. The summed E-state index contributed by atoms with van der Waals surface area (Å²) in [7, 11) is 0. The number of cyclic esters (lactones) is 4. The van der Waals surface area contributed by atoms with E-state index in [2.05, 4.69) is 9.47 Å². The van der Waals surface area contributed by atoms with Crippen molar-refractivity contribution in [2.24, 2.45) is 0 Å². The van der Waals surface area contributed by atoms with Crippen LogP contribution in [0, 0.1) is 0 Å². The molecule has 0 bridgehead atoms. The fraction of sp³-hybridized carbons (Fsp3) is 0.375. The molecule has 0 amide bonds. The van der Waals surface area contributed by atoms with Crippen molar-refractivity contribution in [2.75, 3.05) is 26.4 Å². The summed E-state index contributed by atoms with van der Waals surface area (Å²) in [6, 6.07) is 5.90. The first-order chi connectivity index (χ1) is 12.5. The maximum atomic E-state index is 12.2. The lowest BCUT2D eigenvalue weighted by Gasteiger charge is -2.12. The Morgan fingerprint density at radius 3 is 1.62 bits per heavy atom. The van der Waals surface area contributed by atoms with Gasteiger partial charge in [-0.3, -0.25) is 0 Å². The van der Waals surface area contributed by atoms with E-state index in [0.29, 0.717) is 0 Å². The summed E-state index contributed by atoms with van der Waals surface area (Å²) in [5, 5.41) is 0. The highest BCUT2D eigenvalue weighted by Gasteiger charge is 2.29. The summed E-state index contributed by atoms with van der Waals surface area (Å²) < 4.78 is 28.8. The standard InChI is InChI=1S/C16H14O10/c17-13(21-5-9-7-23-15(19)25-9)11-3-1-2-4-12(11)14(18)22-6-10-8-24-16(20)26-10/h1-4,9-10H,5-8H2. The molecule has 10 heteroatoms. The molecule has 10 nitrogen and oxygen atoms in total. The minimum absolute atomic E-state index is 0.0117. The van der Waals surface area contributed by atoms with Crippen molar-refractivity contribution in [3.05, 3.63) is 35.4 Å². The van der Waals surface area contributed by atoms with E-state index in [-0.39, 0.29) is 37.6 Å². The van der Waals surface area contributed by atoms with E-state index in [9.17, 15) is 19.2 Å². The van der Waals surface area contributed by atoms with E-state index in [1.54, 1.807) is 12.1 Å². The molecule has 2 atom stereocenters. The van der Waals surface area contributed by atoms with Gasteiger partial charge in [-0.1, -0.05) is 12.1 Å². The zero-order valence-corrected chi connectivity index (χ0v) is 13.4. The molecule has 2 aliphatic rings. The molecule has 0 N–H and O–H groups in total. The van der Waals surface area contributed by atoms with Gasteiger partial charge in [0.05, 0.1) is 11.1 Å². The summed E-state index contributed by atoms with van der Waals surface area (Å²) in [5.74, 6) is -1.56. The molecule has 2 aliphatic heterocycles. The van der Waals surface area contributed by atoms with Gasteiger partial charge in [0.25, 0.3) is 0 Å². The van der Waals surface area contributed by atoms with Gasteiger partial charge in [-0.05, 0) is 12.1 Å². The van der Waals surface area contributed by atoms with E-state index >= 15 is 0 Å². The number of rotatable bonds is 6. The van der Waals surface area contributed by atoms with Crippen molar-refractivity contribution in [3.8, 4) is 0 Å². The van der Waals surface area contributed by atoms with Crippen LogP contribution in [0.1, 0.15) is 20.7 Å². The van der Waals surface area contributed by atoms with Gasteiger partial charge in [-0.2, -0.15) is 0 Å². The second kappa shape index (κ2) is 7.72. The molecule has 0 spiro atoms. The molecular formula is C16H14O10. The van der Waals surface area contributed by atoms with Crippen LogP contribution in [0.2, 0.25) is 0 Å². The summed E-state index contributed by atoms with van der Waals surface area (Å²) in [4.78, 5) is 46.1. The average molecular weight is 366 g/mol. The lowest BCUT2D eigenvalue weighted by molar-refractivity contribution is 0.0263. The van der Waals surface area contributed by atoms with Crippen LogP contribution in [0.5, 0.6) is 0 Å². The SMILES string of the molecule is O=C1OCC(COC(=O)c2ccccc2C(=O)OCC2COC(=O)O2)O1. The van der Waals surface area contributed by atoms with E-state index in [4.69, 9.17) is 18.9 Å². The predicted octanol–water partition coefficient (Wildman–Crippen LogP) is 1.07. The van der Waals surface area contributed by atoms with Crippen molar-refractivity contribution >= 4 is 24.2 Å². The molecule has 1 aromatic rings. The topological polar surface area (TPSA) is 124 Å². The van der Waals surface area contributed by atoms with Crippen LogP contribution in [0.4, 0.5) is 9.59 Å². The molecule has 2 heterocycles. The molecule has 2 saturated heterocycles. The third-order valence-corrected chi connectivity index (χ3v) is 3.47. The Hall–Kier alpha value is -3.30. The number of carbonyl (C=O) groups is 4. The van der Waals surface area contributed by atoms with E-state index in [1.165, 1.54) is 12.1 Å². The normalized spacial score (nSPS) is 21.2. The second-order valence-corrected chi connectivity index (χ2v) is 5.34. The molecule has 0 aromatic heterocycles. The minimum Gasteiger partial charge on any atom is -0.458 e. The third-order valence-electron chi connectivity index (χ3n) is 3.47. The minimum atomic E-state index is -0.827. The molecule has 0 saturated carbocycles. The van der Waals surface area contributed by atoms with Gasteiger partial charge >= 0.3 is 24.2 Å². The van der Waals surface area contributed by atoms with Crippen LogP contribution < -0.4 is 0 Å². The van der Waals surface area contributed by atoms with Crippen molar-refractivity contribution in [1.29, 1.82) is 0 Å². The first kappa shape index (κ1) is 17.5. The van der Waals surface area contributed by atoms with Gasteiger partial charge in [-0.15, -0.1) is 0 Å². The zero-order valence-electron chi connectivity index (χ0n) is 13.4. The van der Waals surface area contributed by atoms with Crippen LogP contribution in [-0.2, 0) is 28.4 Å². The largest absolute Gasteiger partial charge is 0.508 e. The fourth-order valence-corrected chi connectivity index (χ4v) is 2.23. The van der Waals surface area contributed by atoms with Gasteiger partial charge in [0, 0.05) is 0 Å². The number of hydrogen-bond acceptors (Lipinski definition) is 10. The van der Waals surface area contributed by atoms with Crippen LogP contribution in [-0.4, -0.2) is 62.9 Å². The lowest BCUT2D eigenvalue weighted by Crippen LogP contribution is -2.24. The molecule has 0 aliphatic carbocycles. The summed E-state index contributed by atoms with van der Waals surface area (Å²) in [6.07, 6.45) is -3.04. The first-order valence-corrected chi connectivity index (χ1v) is 7.63. The number of hydrogen-bond donors (Lipinski definition) is 0. The van der Waals surface area contributed by atoms with Crippen LogP contribution >= 0.6 is 0 Å². The molecule has 138 valence electrons. The molecule has 3 rings (SSSR count). The molecule has 0 radical (unpaired) electrons. The van der Waals surface area contributed by atoms with Gasteiger partial charge in [0.2, 0.25) is 0 Å². The molecule has 26 heavy (non-hydrogen) atoms. The second-order valence-electron chi connectivity index (χ2n) is 5.34. The van der Waals surface area contributed by atoms with Crippen molar-refractivity contribution in [1.82, 2.24) is 0 Å². The van der Waals surface area contributed by atoms with Crippen molar-refractivity contribution in [3.63, 3.8) is 0 Å². The average Bonchev–Trinajstić information content (AvgIpc) is 3.25. The fourth-order valence-electron chi connectivity index (χ4n) is 2.23. The van der Waals surface area contributed by atoms with Crippen molar-refractivity contribution in [2.45, 2.75) is 12.2 Å². The Morgan fingerprint density at radius 1 is 0.846 bits per heavy atom. The van der Waals surface area contributed by atoms with Crippen LogP contribution in [0.25, 0.3) is 0 Å². The zero-order chi connectivity index (χ0) is 18.5. The maximum Gasteiger partial charge on any atom is 0.508 e. The summed E-state index contributed by atoms with van der Waals surface area (Å²) in [6.45, 7) is -0.442. The highest BCUT2D eigenvalue weighted by molar-refractivity contribution is 6.03. The summed E-state index contributed by atoms with van der Waals surface area (Å²) >= 11 is 0. The lowest BCUT2D eigenvalue weighted by atomic mass is 10.1. The smallest absolute Gasteiger partial charge is 0.458 e. The Kier molecular flexibility index (Phi) is 5.20. The highest BCUT2D eigenvalue weighted by atomic mass is 16.8. The number of benzene rings is 1. The molecule has 1 aromatic carbocycles. The van der Waals surface area contributed by atoms with Crippen LogP contribution in [0.15, 0.2) is 24.3 Å². The van der Waals surface area contributed by atoms with Gasteiger partial charge < -0.3 is 28.4 Å². The molecule has 2 fully saturated rings. The number of esters is 2. The van der Waals surface area contributed by atoms with Gasteiger partial charge in [0.1, 0.15) is 26.4 Å². The first-order valence-electron chi connectivity index (χ1n) is 7.63. The van der Waals surface area contributed by atoms with Gasteiger partial charge in [-0.25, -0.2) is 19.2 Å². The predicted molar refractivity (Wildman–Crippen MR) is 79.4 cm³/mol. The monoisotopic (exact) mass is 366 g/mol. The number of carbonyl (C=O) groups excluding carboxylic acids is 4. The molecular weight excluding hydrogens is 352 g/mol. The Labute approximate surface area is 146 Å². The Balaban J connectivity index is 1.57. The van der Waals surface area contributed by atoms with E-state index in [0.717, 1.165) is 0 Å². The van der Waals surface area contributed by atoms with E-state index < -0.39 is 36.5 Å². The Morgan fingerprint density at radius 2 is 1.27 bits per heavy atom. The Bertz CT molecular complexity index is 666. The number of ether oxygens (including phenoxy) is 6.